The number of hydrogen-bond acceptors (Lipinski definition) is 6. The molecule has 1 aliphatic rings. The Morgan fingerprint density at radius 1 is 1.40 bits per heavy atom. The van der Waals surface area contributed by atoms with Crippen LogP contribution in [0.15, 0.2) is 6.20 Å². The maximum atomic E-state index is 12.2. The van der Waals surface area contributed by atoms with Crippen molar-refractivity contribution in [2.24, 2.45) is 0 Å². The van der Waals surface area contributed by atoms with Crippen LogP contribution in [0, 0.1) is 0 Å². The number of anilines is 1. The zero-order chi connectivity index (χ0) is 14.5. The third kappa shape index (κ3) is 3.47. The molecule has 0 aromatic carbocycles. The minimum Gasteiger partial charge on any atom is -0.465 e. The highest BCUT2D eigenvalue weighted by Crippen LogP contribution is 2.20. The van der Waals surface area contributed by atoms with Crippen LogP contribution in [-0.2, 0) is 9.53 Å². The van der Waals surface area contributed by atoms with E-state index in [0.717, 1.165) is 25.9 Å². The lowest BCUT2D eigenvalue weighted by Gasteiger charge is -2.29. The molecule has 7 heteroatoms. The van der Waals surface area contributed by atoms with E-state index in [4.69, 9.17) is 0 Å². The van der Waals surface area contributed by atoms with Crippen molar-refractivity contribution in [1.29, 1.82) is 0 Å². The first-order valence-electron chi connectivity index (χ1n) is 6.71. The average Bonchev–Trinajstić information content (AvgIpc) is 2.95. The maximum absolute atomic E-state index is 12.2. The fourth-order valence-corrected chi connectivity index (χ4v) is 2.99. The molecule has 0 radical (unpaired) electrons. The molecule has 2 rings (SSSR count). The molecule has 1 fully saturated rings. The number of thiazole rings is 1. The molecule has 1 aliphatic heterocycles. The number of ether oxygens (including phenoxy) is 1. The van der Waals surface area contributed by atoms with Gasteiger partial charge < -0.3 is 15.0 Å². The quantitative estimate of drug-likeness (QED) is 0.857. The molecule has 0 saturated carbocycles. The molecular weight excluding hydrogens is 278 g/mol. The highest BCUT2D eigenvalue weighted by Gasteiger charge is 2.23. The first kappa shape index (κ1) is 14.8. The van der Waals surface area contributed by atoms with Crippen molar-refractivity contribution in [3.63, 3.8) is 0 Å². The molecule has 1 aromatic heterocycles. The summed E-state index contributed by atoms with van der Waals surface area (Å²) in [5.74, 6) is -0.329. The van der Waals surface area contributed by atoms with Crippen LogP contribution in [0.1, 0.15) is 35.9 Å². The van der Waals surface area contributed by atoms with Gasteiger partial charge in [-0.05, 0) is 26.2 Å². The topological polar surface area (TPSA) is 71.5 Å². The van der Waals surface area contributed by atoms with Gasteiger partial charge in [0, 0.05) is 13.1 Å². The average molecular weight is 297 g/mol. The minimum absolute atomic E-state index is 0.0829. The Labute approximate surface area is 122 Å². The van der Waals surface area contributed by atoms with E-state index in [-0.39, 0.29) is 11.9 Å². The summed E-state index contributed by atoms with van der Waals surface area (Å²) >= 11 is 1.19. The van der Waals surface area contributed by atoms with Crippen molar-refractivity contribution in [3.05, 3.63) is 11.1 Å². The second-order valence-electron chi connectivity index (χ2n) is 4.77. The van der Waals surface area contributed by atoms with Gasteiger partial charge in [-0.2, -0.15) is 0 Å². The normalized spacial score (nSPS) is 16.6. The molecule has 6 nitrogen and oxygen atoms in total. The van der Waals surface area contributed by atoms with Crippen LogP contribution >= 0.6 is 11.3 Å². The highest BCUT2D eigenvalue weighted by atomic mass is 32.1. The van der Waals surface area contributed by atoms with E-state index in [1.807, 2.05) is 11.8 Å². The number of hydrogen-bond donors (Lipinski definition) is 1. The summed E-state index contributed by atoms with van der Waals surface area (Å²) in [4.78, 5) is 30.0. The lowest BCUT2D eigenvalue weighted by Crippen LogP contribution is -2.43. The van der Waals surface area contributed by atoms with Crippen molar-refractivity contribution in [2.75, 3.05) is 25.5 Å². The van der Waals surface area contributed by atoms with E-state index in [2.05, 4.69) is 15.0 Å². The van der Waals surface area contributed by atoms with Crippen LogP contribution in [0.3, 0.4) is 0 Å². The van der Waals surface area contributed by atoms with Gasteiger partial charge in [0.25, 0.3) is 0 Å². The number of esters is 1. The summed E-state index contributed by atoms with van der Waals surface area (Å²) in [5.41, 5.74) is 0. The Morgan fingerprint density at radius 2 is 2.10 bits per heavy atom. The molecule has 1 amide bonds. The molecule has 2 heterocycles. The Hall–Kier alpha value is -1.63. The van der Waals surface area contributed by atoms with E-state index in [0.29, 0.717) is 10.0 Å². The zero-order valence-electron chi connectivity index (χ0n) is 11.7. The van der Waals surface area contributed by atoms with Crippen LogP contribution in [0.2, 0.25) is 0 Å². The van der Waals surface area contributed by atoms with E-state index >= 15 is 0 Å². The van der Waals surface area contributed by atoms with Gasteiger partial charge in [0.05, 0.1) is 13.3 Å². The van der Waals surface area contributed by atoms with E-state index in [1.54, 1.807) is 0 Å². The minimum atomic E-state index is -0.412. The molecule has 1 aromatic rings. The predicted molar refractivity (Wildman–Crippen MR) is 77.0 cm³/mol. The number of methoxy groups -OCH3 is 1. The van der Waals surface area contributed by atoms with Gasteiger partial charge in [-0.25, -0.2) is 9.78 Å². The third-order valence-electron chi connectivity index (χ3n) is 3.27. The fourth-order valence-electron chi connectivity index (χ4n) is 2.17. The van der Waals surface area contributed by atoms with Crippen LogP contribution in [-0.4, -0.2) is 48.0 Å². The monoisotopic (exact) mass is 297 g/mol. The number of piperidine rings is 1. The molecule has 20 heavy (non-hydrogen) atoms. The molecule has 0 aliphatic carbocycles. The molecular formula is C13H19N3O3S. The van der Waals surface area contributed by atoms with Gasteiger partial charge in [-0.3, -0.25) is 4.79 Å². The largest absolute Gasteiger partial charge is 0.465 e. The van der Waals surface area contributed by atoms with Gasteiger partial charge in [0.2, 0.25) is 5.91 Å². The van der Waals surface area contributed by atoms with Crippen molar-refractivity contribution in [3.8, 4) is 0 Å². The maximum Gasteiger partial charge on any atom is 0.349 e. The molecule has 1 unspecified atom stereocenters. The molecule has 1 atom stereocenters. The predicted octanol–water partition coefficient (Wildman–Crippen LogP) is 1.74. The summed E-state index contributed by atoms with van der Waals surface area (Å²) < 4.78 is 4.63. The van der Waals surface area contributed by atoms with E-state index < -0.39 is 5.97 Å². The standard InChI is InChI=1S/C13H19N3O3S/c1-9(11(17)16-6-4-3-5-7-16)15-13-14-8-10(20-13)12(18)19-2/h8-9H,3-7H2,1-2H3,(H,14,15). The van der Waals surface area contributed by atoms with Crippen LogP contribution in [0.25, 0.3) is 0 Å². The highest BCUT2D eigenvalue weighted by molar-refractivity contribution is 7.17. The van der Waals surface area contributed by atoms with Gasteiger partial charge in [-0.1, -0.05) is 11.3 Å². The van der Waals surface area contributed by atoms with Gasteiger partial charge in [-0.15, -0.1) is 0 Å². The molecule has 1 saturated heterocycles. The Kier molecular flexibility index (Phi) is 4.94. The van der Waals surface area contributed by atoms with Crippen molar-refractivity contribution in [2.45, 2.75) is 32.2 Å². The number of likely N-dealkylation sites (tertiary alicyclic amines) is 1. The second-order valence-corrected chi connectivity index (χ2v) is 5.80. The lowest BCUT2D eigenvalue weighted by atomic mass is 10.1. The first-order chi connectivity index (χ1) is 9.61. The number of nitrogens with one attached hydrogen (secondary N) is 1. The SMILES string of the molecule is COC(=O)c1cnc(NC(C)C(=O)N2CCCCC2)s1. The van der Waals surface area contributed by atoms with Crippen LogP contribution < -0.4 is 5.32 Å². The number of nitrogens with zero attached hydrogens (tertiary/aromatic N) is 2. The molecule has 0 bridgehead atoms. The summed E-state index contributed by atoms with van der Waals surface area (Å²) in [6.07, 6.45) is 4.79. The van der Waals surface area contributed by atoms with E-state index in [9.17, 15) is 9.59 Å². The second kappa shape index (κ2) is 6.69. The number of rotatable bonds is 4. The molecule has 0 spiro atoms. The zero-order valence-corrected chi connectivity index (χ0v) is 12.5. The molecule has 1 N–H and O–H groups in total. The van der Waals surface area contributed by atoms with Gasteiger partial charge in [0.15, 0.2) is 5.13 Å². The Morgan fingerprint density at radius 3 is 2.75 bits per heavy atom. The van der Waals surface area contributed by atoms with Crippen molar-refractivity contribution in [1.82, 2.24) is 9.88 Å². The smallest absolute Gasteiger partial charge is 0.349 e. The Balaban J connectivity index is 1.93. The molecule has 110 valence electrons. The summed E-state index contributed by atoms with van der Waals surface area (Å²) in [7, 11) is 1.33. The Bertz CT molecular complexity index is 483. The third-order valence-corrected chi connectivity index (χ3v) is 4.18. The van der Waals surface area contributed by atoms with Gasteiger partial charge in [0.1, 0.15) is 10.9 Å². The number of carbonyl (C=O) groups is 2. The summed E-state index contributed by atoms with van der Waals surface area (Å²) in [6, 6.07) is -0.343. The van der Waals surface area contributed by atoms with Gasteiger partial charge >= 0.3 is 5.97 Å². The van der Waals surface area contributed by atoms with Crippen LogP contribution in [0.4, 0.5) is 5.13 Å². The lowest BCUT2D eigenvalue weighted by molar-refractivity contribution is -0.132. The number of carbonyl (C=O) groups excluding carboxylic acids is 2. The summed E-state index contributed by atoms with van der Waals surface area (Å²) in [6.45, 7) is 3.47. The van der Waals surface area contributed by atoms with Crippen LogP contribution in [0.5, 0.6) is 0 Å². The number of aromatic nitrogens is 1. The van der Waals surface area contributed by atoms with E-state index in [1.165, 1.54) is 31.1 Å². The van der Waals surface area contributed by atoms with Crippen molar-refractivity contribution < 1.29 is 14.3 Å². The fraction of sp³-hybridized carbons (Fsp3) is 0.615. The summed E-state index contributed by atoms with van der Waals surface area (Å²) in [5, 5.41) is 3.61. The van der Waals surface area contributed by atoms with Crippen molar-refractivity contribution >= 4 is 28.3 Å². The number of amides is 1. The first-order valence-corrected chi connectivity index (χ1v) is 7.53.